The van der Waals surface area contributed by atoms with Crippen LogP contribution in [0.5, 0.6) is 0 Å². The van der Waals surface area contributed by atoms with Crippen molar-refractivity contribution in [1.82, 2.24) is 9.78 Å². The van der Waals surface area contributed by atoms with Crippen molar-refractivity contribution in [2.24, 2.45) is 0 Å². The number of benzene rings is 2. The highest BCUT2D eigenvalue weighted by Gasteiger charge is 2.22. The van der Waals surface area contributed by atoms with Crippen molar-refractivity contribution in [1.29, 1.82) is 0 Å². The topological polar surface area (TPSA) is 64.0 Å². The van der Waals surface area contributed by atoms with Crippen molar-refractivity contribution in [2.45, 2.75) is 40.7 Å². The van der Waals surface area contributed by atoms with E-state index in [0.29, 0.717) is 5.39 Å². The van der Waals surface area contributed by atoms with E-state index in [1.165, 1.54) is 4.68 Å². The van der Waals surface area contributed by atoms with Crippen LogP contribution in [0.3, 0.4) is 0 Å². The molecule has 4 rings (SSSR count). The summed E-state index contributed by atoms with van der Waals surface area (Å²) >= 11 is 1.56. The monoisotopic (exact) mass is 405 g/mol. The third kappa shape index (κ3) is 3.23. The molecule has 0 spiro atoms. The first-order chi connectivity index (χ1) is 13.8. The lowest BCUT2D eigenvalue weighted by atomic mass is 10.0. The molecule has 2 heterocycles. The smallest absolute Gasteiger partial charge is 0.276 e. The number of anilines is 1. The van der Waals surface area contributed by atoms with Crippen LogP contribution in [0.4, 0.5) is 5.69 Å². The number of aryl methyl sites for hydroxylation is 4. The molecule has 0 fully saturated rings. The molecule has 5 nitrogen and oxygen atoms in total. The predicted molar refractivity (Wildman–Crippen MR) is 120 cm³/mol. The van der Waals surface area contributed by atoms with Crippen LogP contribution in [0.25, 0.3) is 20.2 Å². The molecule has 2 aromatic heterocycles. The largest absolute Gasteiger partial charge is 0.324 e. The first-order valence-corrected chi connectivity index (χ1v) is 10.4. The number of rotatable bonds is 3. The van der Waals surface area contributed by atoms with Crippen molar-refractivity contribution in [2.75, 3.05) is 5.32 Å². The molecule has 1 amide bonds. The molecule has 0 aliphatic heterocycles. The van der Waals surface area contributed by atoms with E-state index in [1.807, 2.05) is 64.1 Å². The minimum Gasteiger partial charge on any atom is -0.324 e. The van der Waals surface area contributed by atoms with Gasteiger partial charge in [0.2, 0.25) is 5.91 Å². The molecule has 1 atom stereocenters. The number of nitrogens with zero attached hydrogens (tertiary/aromatic N) is 2. The molecular formula is C23H23N3O2S. The quantitative estimate of drug-likeness (QED) is 0.519. The summed E-state index contributed by atoms with van der Waals surface area (Å²) in [5.41, 5.74) is 4.46. The van der Waals surface area contributed by atoms with Crippen molar-refractivity contribution < 1.29 is 4.79 Å². The van der Waals surface area contributed by atoms with Gasteiger partial charge in [0.1, 0.15) is 6.04 Å². The molecule has 0 bridgehead atoms. The fraction of sp³-hybridized carbons (Fsp3) is 0.261. The van der Waals surface area contributed by atoms with Gasteiger partial charge in [0.15, 0.2) is 0 Å². The molecule has 0 saturated carbocycles. The van der Waals surface area contributed by atoms with E-state index >= 15 is 0 Å². The Morgan fingerprint density at radius 2 is 1.76 bits per heavy atom. The zero-order valence-corrected chi connectivity index (χ0v) is 18.0. The van der Waals surface area contributed by atoms with Crippen LogP contribution in [0, 0.1) is 27.7 Å². The van der Waals surface area contributed by atoms with Gasteiger partial charge >= 0.3 is 0 Å². The summed E-state index contributed by atoms with van der Waals surface area (Å²) in [5, 5.41) is 9.02. The molecule has 0 radical (unpaired) electrons. The number of hydrogen-bond acceptors (Lipinski definition) is 4. The highest BCUT2D eigenvalue weighted by atomic mass is 32.1. The summed E-state index contributed by atoms with van der Waals surface area (Å²) in [4.78, 5) is 26.3. The Morgan fingerprint density at radius 3 is 2.45 bits per heavy atom. The maximum Gasteiger partial charge on any atom is 0.276 e. The lowest BCUT2D eigenvalue weighted by molar-refractivity contribution is -0.119. The fourth-order valence-electron chi connectivity index (χ4n) is 3.86. The minimum atomic E-state index is -0.732. The van der Waals surface area contributed by atoms with Crippen LogP contribution < -0.4 is 10.9 Å². The highest BCUT2D eigenvalue weighted by Crippen LogP contribution is 2.33. The third-order valence-corrected chi connectivity index (χ3v) is 6.55. The first kappa shape index (κ1) is 19.3. The average Bonchev–Trinajstić information content (AvgIpc) is 3.07. The number of carbonyl (C=O) groups excluding carboxylic acids is 1. The summed E-state index contributed by atoms with van der Waals surface area (Å²) in [6.07, 6.45) is 0. The fourth-order valence-corrected chi connectivity index (χ4v) is 4.99. The summed E-state index contributed by atoms with van der Waals surface area (Å²) in [7, 11) is 0. The van der Waals surface area contributed by atoms with Gasteiger partial charge in [-0.05, 0) is 51.8 Å². The summed E-state index contributed by atoms with van der Waals surface area (Å²) < 4.78 is 3.24. The third-order valence-electron chi connectivity index (χ3n) is 5.28. The van der Waals surface area contributed by atoms with Crippen molar-refractivity contribution in [3.8, 4) is 0 Å². The number of nitrogens with one attached hydrogen (secondary N) is 1. The second-order valence-electron chi connectivity index (χ2n) is 7.58. The Kier molecular flexibility index (Phi) is 4.74. The molecular weight excluding hydrogens is 382 g/mol. The van der Waals surface area contributed by atoms with Gasteiger partial charge in [-0.25, -0.2) is 4.68 Å². The van der Waals surface area contributed by atoms with E-state index in [2.05, 4.69) is 10.4 Å². The summed E-state index contributed by atoms with van der Waals surface area (Å²) in [5.74, 6) is -0.257. The van der Waals surface area contributed by atoms with Gasteiger partial charge in [0, 0.05) is 15.8 Å². The molecule has 0 saturated heterocycles. The van der Waals surface area contributed by atoms with E-state index in [4.69, 9.17) is 0 Å². The number of carbonyl (C=O) groups is 1. The lowest BCUT2D eigenvalue weighted by Gasteiger charge is -2.18. The second kappa shape index (κ2) is 7.12. The molecule has 1 N–H and O–H groups in total. The maximum atomic E-state index is 13.3. The normalized spacial score (nSPS) is 12.4. The lowest BCUT2D eigenvalue weighted by Crippen LogP contribution is -2.34. The molecule has 0 aliphatic rings. The molecule has 0 unspecified atom stereocenters. The number of amides is 1. The maximum absolute atomic E-state index is 13.3. The van der Waals surface area contributed by atoms with Crippen molar-refractivity contribution >= 4 is 43.1 Å². The van der Waals surface area contributed by atoms with Gasteiger partial charge in [-0.1, -0.05) is 35.9 Å². The van der Waals surface area contributed by atoms with Crippen LogP contribution in [0.1, 0.15) is 35.3 Å². The van der Waals surface area contributed by atoms with Crippen molar-refractivity contribution in [3.05, 3.63) is 69.1 Å². The molecule has 29 heavy (non-hydrogen) atoms. The van der Waals surface area contributed by atoms with Gasteiger partial charge in [0.05, 0.1) is 15.8 Å². The van der Waals surface area contributed by atoms with Crippen LogP contribution in [-0.4, -0.2) is 15.7 Å². The van der Waals surface area contributed by atoms with E-state index in [1.54, 1.807) is 18.3 Å². The Balaban J connectivity index is 1.78. The summed E-state index contributed by atoms with van der Waals surface area (Å²) in [6, 6.07) is 11.2. The molecule has 6 heteroatoms. The number of fused-ring (bicyclic) bond motifs is 3. The molecule has 148 valence electrons. The molecule has 4 aromatic rings. The standard InChI is InChI=1S/C23H23N3O2S/c1-12-10-13(2)20(14(3)11-12)24-22(27)16(5)26-23(28)19-17-8-6-7-9-18(17)29-21(19)15(4)25-26/h6-11,16H,1-5H3,(H,24,27)/t16-/m1/s1. The number of hydrogen-bond donors (Lipinski definition) is 1. The van der Waals surface area contributed by atoms with Gasteiger partial charge in [-0.2, -0.15) is 5.10 Å². The van der Waals surface area contributed by atoms with Gasteiger partial charge < -0.3 is 5.32 Å². The molecule has 2 aromatic carbocycles. The Bertz CT molecular complexity index is 1310. The molecule has 0 aliphatic carbocycles. The zero-order valence-electron chi connectivity index (χ0n) is 17.2. The Morgan fingerprint density at radius 1 is 1.10 bits per heavy atom. The predicted octanol–water partition coefficient (Wildman–Crippen LogP) is 5.04. The second-order valence-corrected chi connectivity index (χ2v) is 8.63. The Hall–Kier alpha value is -2.99. The zero-order chi connectivity index (χ0) is 20.9. The first-order valence-electron chi connectivity index (χ1n) is 9.57. The SMILES string of the molecule is Cc1cc(C)c(NC(=O)[C@@H](C)n2nc(C)c3sc4ccccc4c3c2=O)c(C)c1. The van der Waals surface area contributed by atoms with Gasteiger partial charge in [-0.3, -0.25) is 9.59 Å². The van der Waals surface area contributed by atoms with Gasteiger partial charge in [0.25, 0.3) is 5.56 Å². The van der Waals surface area contributed by atoms with Gasteiger partial charge in [-0.15, -0.1) is 11.3 Å². The number of thiophene rings is 1. The van der Waals surface area contributed by atoms with E-state index < -0.39 is 6.04 Å². The number of aromatic nitrogens is 2. The van der Waals surface area contributed by atoms with Crippen LogP contribution in [0.15, 0.2) is 41.2 Å². The highest BCUT2D eigenvalue weighted by molar-refractivity contribution is 7.26. The van der Waals surface area contributed by atoms with Crippen LogP contribution in [0.2, 0.25) is 0 Å². The Labute approximate surface area is 173 Å². The van der Waals surface area contributed by atoms with E-state index in [0.717, 1.165) is 42.9 Å². The van der Waals surface area contributed by atoms with E-state index in [-0.39, 0.29) is 11.5 Å². The van der Waals surface area contributed by atoms with E-state index in [9.17, 15) is 9.59 Å². The van der Waals surface area contributed by atoms with Crippen LogP contribution >= 0.6 is 11.3 Å². The summed E-state index contributed by atoms with van der Waals surface area (Å²) in [6.45, 7) is 9.56. The minimum absolute atomic E-state index is 0.233. The van der Waals surface area contributed by atoms with Crippen LogP contribution in [-0.2, 0) is 4.79 Å². The average molecular weight is 406 g/mol. The van der Waals surface area contributed by atoms with Crippen molar-refractivity contribution in [3.63, 3.8) is 0 Å².